The van der Waals surface area contributed by atoms with Crippen LogP contribution < -0.4 is 0 Å². The topological polar surface area (TPSA) is 0 Å². The minimum absolute atomic E-state index is 1.14. The maximum absolute atomic E-state index is 3.27. The molecule has 1 aromatic rings. The van der Waals surface area contributed by atoms with Gasteiger partial charge in [-0.15, -0.1) is 11.3 Å². The van der Waals surface area contributed by atoms with Crippen LogP contribution >= 0.6 is 27.3 Å². The van der Waals surface area contributed by atoms with Gasteiger partial charge in [0.05, 0.1) is 3.79 Å². The minimum atomic E-state index is 1.14. The molecule has 6 heavy (non-hydrogen) atoms. The third-order valence-electron chi connectivity index (χ3n) is 0.436. The van der Waals surface area contributed by atoms with Gasteiger partial charge in [0.25, 0.3) is 0 Å². The number of hydrogen-bond donors (Lipinski definition) is 0. The van der Waals surface area contributed by atoms with Crippen LogP contribution in [-0.2, 0) is 0 Å². The summed E-state index contributed by atoms with van der Waals surface area (Å²) in [6.07, 6.45) is 0. The summed E-state index contributed by atoms with van der Waals surface area (Å²) >= 11 is 4.91. The van der Waals surface area contributed by atoms with Crippen molar-refractivity contribution in [2.24, 2.45) is 0 Å². The summed E-state index contributed by atoms with van der Waals surface area (Å²) in [4.78, 5) is 0. The molecule has 0 N–H and O–H groups in total. The number of halogens is 1. The Hall–Kier alpha value is 0.180. The Kier molecular flexibility index (Phi) is 1.27. The Morgan fingerprint density at radius 1 is 1.83 bits per heavy atom. The molecule has 0 saturated heterocycles. The van der Waals surface area contributed by atoms with Gasteiger partial charge in [-0.1, -0.05) is 0 Å². The summed E-state index contributed by atoms with van der Waals surface area (Å²) in [6.45, 7) is 0. The van der Waals surface area contributed by atoms with Crippen molar-refractivity contribution in [2.45, 2.75) is 0 Å². The van der Waals surface area contributed by atoms with E-state index in [9.17, 15) is 0 Å². The molecule has 0 aliphatic carbocycles. The van der Waals surface area contributed by atoms with E-state index in [1.807, 2.05) is 11.4 Å². The van der Waals surface area contributed by atoms with E-state index in [-0.39, 0.29) is 0 Å². The summed E-state index contributed by atoms with van der Waals surface area (Å²) in [5, 5.41) is 1.91. The van der Waals surface area contributed by atoms with E-state index in [1.54, 1.807) is 11.3 Å². The van der Waals surface area contributed by atoms with Crippen molar-refractivity contribution in [1.29, 1.82) is 0 Å². The fourth-order valence-electron chi connectivity index (χ4n) is 0.224. The van der Waals surface area contributed by atoms with Crippen LogP contribution in [0.15, 0.2) is 15.2 Å². The van der Waals surface area contributed by atoms with Crippen LogP contribution in [-0.4, -0.2) is 0 Å². The number of thiophene rings is 1. The molecule has 0 fully saturated rings. The lowest BCUT2D eigenvalue weighted by atomic mass is 10.7. The van der Waals surface area contributed by atoms with Crippen LogP contribution in [0, 0.1) is 6.07 Å². The zero-order valence-corrected chi connectivity index (χ0v) is 5.34. The average Bonchev–Trinajstić information content (AvgIpc) is 1.86. The zero-order chi connectivity index (χ0) is 4.41. The van der Waals surface area contributed by atoms with Crippen molar-refractivity contribution in [3.05, 3.63) is 21.3 Å². The molecule has 1 radical (unpaired) electrons. The number of rotatable bonds is 0. The first-order valence-electron chi connectivity index (χ1n) is 1.49. The predicted molar refractivity (Wildman–Crippen MR) is 30.9 cm³/mol. The van der Waals surface area contributed by atoms with E-state index in [4.69, 9.17) is 0 Å². The fraction of sp³-hybridized carbons (Fsp3) is 0. The van der Waals surface area contributed by atoms with Crippen molar-refractivity contribution in [2.75, 3.05) is 0 Å². The molecule has 0 bridgehead atoms. The lowest BCUT2D eigenvalue weighted by Crippen LogP contribution is -1.30. The standard InChI is InChI=1S/C4H2BrS/c5-4-2-1-3-6-4/h2-3H. The molecule has 1 heterocycles. The molecule has 0 aromatic carbocycles. The van der Waals surface area contributed by atoms with Crippen LogP contribution in [0.3, 0.4) is 0 Å². The van der Waals surface area contributed by atoms with Crippen LogP contribution in [0.25, 0.3) is 0 Å². The molecule has 0 aliphatic rings. The quantitative estimate of drug-likeness (QED) is 0.549. The zero-order valence-electron chi connectivity index (χ0n) is 2.94. The largest absolute Gasteiger partial charge is 0.136 e. The molecular weight excluding hydrogens is 160 g/mol. The summed E-state index contributed by atoms with van der Waals surface area (Å²) in [6, 6.07) is 4.79. The maximum atomic E-state index is 3.27. The van der Waals surface area contributed by atoms with E-state index in [2.05, 4.69) is 22.0 Å². The van der Waals surface area contributed by atoms with Crippen molar-refractivity contribution in [1.82, 2.24) is 0 Å². The molecule has 0 saturated carbocycles. The second kappa shape index (κ2) is 1.76. The molecule has 1 rings (SSSR count). The molecule has 2 heteroatoms. The smallest absolute Gasteiger partial charge is 0.0704 e. The average molecular weight is 162 g/mol. The van der Waals surface area contributed by atoms with Crippen LogP contribution in [0.1, 0.15) is 0 Å². The van der Waals surface area contributed by atoms with Gasteiger partial charge in [0.2, 0.25) is 0 Å². The second-order valence-electron chi connectivity index (χ2n) is 0.851. The first kappa shape index (κ1) is 4.34. The molecule has 1 aromatic heterocycles. The van der Waals surface area contributed by atoms with Crippen molar-refractivity contribution >= 4 is 27.3 Å². The van der Waals surface area contributed by atoms with Crippen molar-refractivity contribution in [3.63, 3.8) is 0 Å². The highest BCUT2D eigenvalue weighted by molar-refractivity contribution is 9.11. The molecule has 0 spiro atoms. The molecule has 0 nitrogen and oxygen atoms in total. The summed E-state index contributed by atoms with van der Waals surface area (Å²) in [5.74, 6) is 0. The van der Waals surface area contributed by atoms with Crippen LogP contribution in [0.2, 0.25) is 0 Å². The molecule has 0 amide bonds. The second-order valence-corrected chi connectivity index (χ2v) is 3.14. The monoisotopic (exact) mass is 161 g/mol. The third-order valence-corrected chi connectivity index (χ3v) is 1.82. The van der Waals surface area contributed by atoms with E-state index < -0.39 is 0 Å². The van der Waals surface area contributed by atoms with Crippen molar-refractivity contribution in [3.8, 4) is 0 Å². The predicted octanol–water partition coefficient (Wildman–Crippen LogP) is 2.31. The first-order chi connectivity index (χ1) is 2.89. The van der Waals surface area contributed by atoms with Crippen LogP contribution in [0.5, 0.6) is 0 Å². The summed E-state index contributed by atoms with van der Waals surface area (Å²) in [7, 11) is 0. The molecule has 31 valence electrons. The summed E-state index contributed by atoms with van der Waals surface area (Å²) in [5.41, 5.74) is 0. The van der Waals surface area contributed by atoms with E-state index in [1.165, 1.54) is 0 Å². The first-order valence-corrected chi connectivity index (χ1v) is 3.17. The normalized spacial score (nSPS) is 8.83. The highest BCUT2D eigenvalue weighted by Gasteiger charge is 1.78. The Labute approximate surface area is 48.9 Å². The van der Waals surface area contributed by atoms with E-state index in [0.717, 1.165) is 3.79 Å². The number of hydrogen-bond acceptors (Lipinski definition) is 1. The highest BCUT2D eigenvalue weighted by Crippen LogP contribution is 2.14. The van der Waals surface area contributed by atoms with Gasteiger partial charge in [-0.3, -0.25) is 0 Å². The maximum Gasteiger partial charge on any atom is 0.0704 e. The third kappa shape index (κ3) is 0.820. The lowest BCUT2D eigenvalue weighted by molar-refractivity contribution is 1.94. The Morgan fingerprint density at radius 2 is 2.67 bits per heavy atom. The van der Waals surface area contributed by atoms with Gasteiger partial charge in [-0.25, -0.2) is 0 Å². The van der Waals surface area contributed by atoms with Gasteiger partial charge in [0.15, 0.2) is 0 Å². The van der Waals surface area contributed by atoms with Gasteiger partial charge >= 0.3 is 0 Å². The van der Waals surface area contributed by atoms with Crippen molar-refractivity contribution < 1.29 is 0 Å². The highest BCUT2D eigenvalue weighted by atomic mass is 79.9. The molecule has 0 atom stereocenters. The van der Waals surface area contributed by atoms with Gasteiger partial charge in [0.1, 0.15) is 0 Å². The molecular formula is C4H2BrS. The van der Waals surface area contributed by atoms with Gasteiger partial charge < -0.3 is 0 Å². The van der Waals surface area contributed by atoms with Gasteiger partial charge in [-0.05, 0) is 33.4 Å². The lowest BCUT2D eigenvalue weighted by Gasteiger charge is -1.62. The van der Waals surface area contributed by atoms with Gasteiger partial charge in [0, 0.05) is 0 Å². The van der Waals surface area contributed by atoms with Crippen LogP contribution in [0.4, 0.5) is 0 Å². The molecule has 0 unspecified atom stereocenters. The minimum Gasteiger partial charge on any atom is -0.136 e. The van der Waals surface area contributed by atoms with Gasteiger partial charge in [-0.2, -0.15) is 0 Å². The Morgan fingerprint density at radius 3 is 2.83 bits per heavy atom. The fourth-order valence-corrected chi connectivity index (χ4v) is 1.02. The molecule has 0 aliphatic heterocycles. The van der Waals surface area contributed by atoms with E-state index in [0.29, 0.717) is 0 Å². The SMILES string of the molecule is Brc1c[c]cs1. The Balaban J connectivity index is 3.05. The summed E-state index contributed by atoms with van der Waals surface area (Å²) < 4.78 is 1.14. The van der Waals surface area contributed by atoms with E-state index >= 15 is 0 Å². The Bertz CT molecular complexity index is 111.